The van der Waals surface area contributed by atoms with Crippen LogP contribution < -0.4 is 5.32 Å². The lowest BCUT2D eigenvalue weighted by molar-refractivity contribution is -0.0914. The lowest BCUT2D eigenvalue weighted by Gasteiger charge is -2.14. The van der Waals surface area contributed by atoms with E-state index in [0.717, 1.165) is 11.3 Å². The van der Waals surface area contributed by atoms with Crippen molar-refractivity contribution >= 4 is 5.82 Å². The second kappa shape index (κ2) is 6.13. The molecule has 0 aromatic carbocycles. The molecule has 2 aromatic rings. The molecule has 0 saturated carbocycles. The van der Waals surface area contributed by atoms with Gasteiger partial charge in [-0.15, -0.1) is 0 Å². The Morgan fingerprint density at radius 2 is 2.17 bits per heavy atom. The van der Waals surface area contributed by atoms with E-state index in [9.17, 15) is 0 Å². The minimum atomic E-state index is -0.308. The minimum Gasteiger partial charge on any atom is -0.472 e. The molecule has 0 spiro atoms. The Kier molecular flexibility index (Phi) is 4.27. The van der Waals surface area contributed by atoms with E-state index in [4.69, 9.17) is 13.9 Å². The normalized spacial score (nSPS) is 10.8. The molecule has 6 heteroatoms. The van der Waals surface area contributed by atoms with Crippen molar-refractivity contribution in [3.63, 3.8) is 0 Å². The molecular weight excluding hydrogens is 234 g/mol. The van der Waals surface area contributed by atoms with Crippen LogP contribution in [0.15, 0.2) is 35.4 Å². The summed E-state index contributed by atoms with van der Waals surface area (Å²) in [7, 11) is 3.18. The van der Waals surface area contributed by atoms with Gasteiger partial charge >= 0.3 is 0 Å². The summed E-state index contributed by atoms with van der Waals surface area (Å²) < 4.78 is 15.2. The van der Waals surface area contributed by atoms with Crippen LogP contribution in [0.2, 0.25) is 0 Å². The Morgan fingerprint density at radius 1 is 1.33 bits per heavy atom. The molecule has 2 rings (SSSR count). The molecule has 1 N–H and O–H groups in total. The molecule has 0 aliphatic carbocycles. The van der Waals surface area contributed by atoms with Gasteiger partial charge < -0.3 is 19.2 Å². The third-order valence-electron chi connectivity index (χ3n) is 2.46. The highest BCUT2D eigenvalue weighted by atomic mass is 16.7. The topological polar surface area (TPSA) is 69.4 Å². The van der Waals surface area contributed by atoms with Crippen LogP contribution in [0, 0.1) is 0 Å². The maximum Gasteiger partial charge on any atom is 0.173 e. The maximum absolute atomic E-state index is 5.08. The van der Waals surface area contributed by atoms with Gasteiger partial charge in [-0.3, -0.25) is 0 Å². The summed E-state index contributed by atoms with van der Waals surface area (Å²) in [6.07, 6.45) is 4.44. The molecule has 6 nitrogen and oxygen atoms in total. The van der Waals surface area contributed by atoms with Crippen LogP contribution >= 0.6 is 0 Å². The predicted molar refractivity (Wildman–Crippen MR) is 66.0 cm³/mol. The molecule has 0 fully saturated rings. The monoisotopic (exact) mass is 249 g/mol. The van der Waals surface area contributed by atoms with Gasteiger partial charge in [0.2, 0.25) is 0 Å². The number of ether oxygens (including phenoxy) is 2. The zero-order valence-electron chi connectivity index (χ0n) is 10.3. The van der Waals surface area contributed by atoms with Crippen LogP contribution in [-0.2, 0) is 9.47 Å². The SMILES string of the molecule is COC(CNc1cc(-c2ccoc2)ncn1)OC. The standard InChI is InChI=1S/C12H15N3O3/c1-16-12(17-2)6-13-11-5-10(14-8-15-11)9-3-4-18-7-9/h3-5,7-8,12H,6H2,1-2H3,(H,13,14,15). The average Bonchev–Trinajstić information content (AvgIpc) is 2.94. The Bertz CT molecular complexity index is 469. The number of rotatable bonds is 6. The van der Waals surface area contributed by atoms with Gasteiger partial charge in [-0.1, -0.05) is 0 Å². The van der Waals surface area contributed by atoms with Gasteiger partial charge in [0.25, 0.3) is 0 Å². The summed E-state index contributed by atoms with van der Waals surface area (Å²) in [6.45, 7) is 0.509. The Labute approximate surface area is 105 Å². The Morgan fingerprint density at radius 3 is 2.83 bits per heavy atom. The highest BCUT2D eigenvalue weighted by Crippen LogP contribution is 2.18. The molecule has 0 unspecified atom stereocenters. The summed E-state index contributed by atoms with van der Waals surface area (Å²) in [5.41, 5.74) is 1.71. The van der Waals surface area contributed by atoms with Crippen molar-refractivity contribution in [2.75, 3.05) is 26.1 Å². The van der Waals surface area contributed by atoms with Gasteiger partial charge in [0.15, 0.2) is 6.29 Å². The van der Waals surface area contributed by atoms with Crippen LogP contribution in [0.3, 0.4) is 0 Å². The van der Waals surface area contributed by atoms with Crippen LogP contribution in [0.1, 0.15) is 0 Å². The minimum absolute atomic E-state index is 0.308. The summed E-state index contributed by atoms with van der Waals surface area (Å²) in [6, 6.07) is 3.69. The number of nitrogens with one attached hydrogen (secondary N) is 1. The van der Waals surface area contributed by atoms with E-state index in [1.165, 1.54) is 6.33 Å². The van der Waals surface area contributed by atoms with Crippen LogP contribution in [0.25, 0.3) is 11.3 Å². The van der Waals surface area contributed by atoms with E-state index in [1.807, 2.05) is 12.1 Å². The van der Waals surface area contributed by atoms with E-state index >= 15 is 0 Å². The number of anilines is 1. The molecule has 0 aliphatic rings. The number of hydrogen-bond acceptors (Lipinski definition) is 6. The van der Waals surface area contributed by atoms with Gasteiger partial charge in [0.1, 0.15) is 12.1 Å². The first-order chi connectivity index (χ1) is 8.83. The van der Waals surface area contributed by atoms with Gasteiger partial charge in [-0.2, -0.15) is 0 Å². The molecule has 96 valence electrons. The first kappa shape index (κ1) is 12.5. The van der Waals surface area contributed by atoms with Crippen LogP contribution in [0.5, 0.6) is 0 Å². The Balaban J connectivity index is 2.04. The van der Waals surface area contributed by atoms with Crippen molar-refractivity contribution < 1.29 is 13.9 Å². The molecule has 2 heterocycles. The molecule has 2 aromatic heterocycles. The molecule has 0 aliphatic heterocycles. The van der Waals surface area contributed by atoms with Crippen molar-refractivity contribution in [3.05, 3.63) is 31.0 Å². The number of methoxy groups -OCH3 is 2. The van der Waals surface area contributed by atoms with E-state index < -0.39 is 0 Å². The van der Waals surface area contributed by atoms with Crippen molar-refractivity contribution in [2.45, 2.75) is 6.29 Å². The van der Waals surface area contributed by atoms with Crippen molar-refractivity contribution in [1.82, 2.24) is 9.97 Å². The highest BCUT2D eigenvalue weighted by molar-refractivity contribution is 5.60. The second-order valence-corrected chi connectivity index (χ2v) is 3.58. The second-order valence-electron chi connectivity index (χ2n) is 3.58. The molecule has 0 saturated heterocycles. The molecule has 0 amide bonds. The molecule has 18 heavy (non-hydrogen) atoms. The van der Waals surface area contributed by atoms with Gasteiger partial charge in [-0.25, -0.2) is 9.97 Å². The number of furan rings is 1. The summed E-state index contributed by atoms with van der Waals surface area (Å²) in [5, 5.41) is 3.12. The summed E-state index contributed by atoms with van der Waals surface area (Å²) in [4.78, 5) is 8.30. The zero-order valence-corrected chi connectivity index (χ0v) is 10.3. The fraction of sp³-hybridized carbons (Fsp3) is 0.333. The predicted octanol–water partition coefficient (Wildman–Crippen LogP) is 1.77. The van der Waals surface area contributed by atoms with Crippen molar-refractivity contribution in [3.8, 4) is 11.3 Å². The number of nitrogens with zero attached hydrogens (tertiary/aromatic N) is 2. The lowest BCUT2D eigenvalue weighted by Crippen LogP contribution is -2.24. The number of aromatic nitrogens is 2. The van der Waals surface area contributed by atoms with Gasteiger partial charge in [0.05, 0.1) is 24.8 Å². The highest BCUT2D eigenvalue weighted by Gasteiger charge is 2.06. The van der Waals surface area contributed by atoms with Crippen LogP contribution in [0.4, 0.5) is 5.82 Å². The molecule has 0 radical (unpaired) electrons. The van der Waals surface area contributed by atoms with E-state index in [0.29, 0.717) is 12.4 Å². The molecular formula is C12H15N3O3. The average molecular weight is 249 g/mol. The summed E-state index contributed by atoms with van der Waals surface area (Å²) in [5.74, 6) is 0.709. The van der Waals surface area contributed by atoms with Crippen molar-refractivity contribution in [2.24, 2.45) is 0 Å². The van der Waals surface area contributed by atoms with Crippen molar-refractivity contribution in [1.29, 1.82) is 0 Å². The van der Waals surface area contributed by atoms with E-state index in [-0.39, 0.29) is 6.29 Å². The third kappa shape index (κ3) is 3.06. The largest absolute Gasteiger partial charge is 0.472 e. The van der Waals surface area contributed by atoms with Crippen LogP contribution in [-0.4, -0.2) is 37.0 Å². The smallest absolute Gasteiger partial charge is 0.173 e. The quantitative estimate of drug-likeness (QED) is 0.787. The number of hydrogen-bond donors (Lipinski definition) is 1. The first-order valence-corrected chi connectivity index (χ1v) is 5.47. The molecule has 0 atom stereocenters. The lowest BCUT2D eigenvalue weighted by atomic mass is 10.2. The summed E-state index contributed by atoms with van der Waals surface area (Å²) >= 11 is 0. The van der Waals surface area contributed by atoms with E-state index in [1.54, 1.807) is 26.7 Å². The molecule has 0 bridgehead atoms. The fourth-order valence-electron chi connectivity index (χ4n) is 1.47. The first-order valence-electron chi connectivity index (χ1n) is 5.47. The Hall–Kier alpha value is -1.92. The maximum atomic E-state index is 5.08. The van der Waals surface area contributed by atoms with Gasteiger partial charge in [-0.05, 0) is 6.07 Å². The fourth-order valence-corrected chi connectivity index (χ4v) is 1.47. The van der Waals surface area contributed by atoms with E-state index in [2.05, 4.69) is 15.3 Å². The van der Waals surface area contributed by atoms with Gasteiger partial charge in [0, 0.05) is 25.8 Å². The zero-order chi connectivity index (χ0) is 12.8. The third-order valence-corrected chi connectivity index (χ3v) is 2.46.